The molecular formula is C13H18FNO. The standard InChI is InChI=1S/C13H18FNO/c1-3-15-10-7-11(8-10)16-12-6-4-5-9(2)13(12)14/h4-6,10-11,15H,3,7-8H2,1-2H3. The Morgan fingerprint density at radius 2 is 2.19 bits per heavy atom. The molecule has 0 radical (unpaired) electrons. The molecule has 0 bridgehead atoms. The molecule has 1 aromatic carbocycles. The van der Waals surface area contributed by atoms with Gasteiger partial charge in [-0.15, -0.1) is 0 Å². The van der Waals surface area contributed by atoms with E-state index in [4.69, 9.17) is 4.74 Å². The van der Waals surface area contributed by atoms with Gasteiger partial charge in [-0.2, -0.15) is 0 Å². The van der Waals surface area contributed by atoms with Crippen LogP contribution in [0.2, 0.25) is 0 Å². The molecule has 16 heavy (non-hydrogen) atoms. The molecule has 0 spiro atoms. The zero-order valence-corrected chi connectivity index (χ0v) is 9.79. The third kappa shape index (κ3) is 2.35. The van der Waals surface area contributed by atoms with Gasteiger partial charge in [-0.3, -0.25) is 0 Å². The van der Waals surface area contributed by atoms with E-state index in [0.29, 0.717) is 17.4 Å². The van der Waals surface area contributed by atoms with Gasteiger partial charge in [0.1, 0.15) is 6.10 Å². The predicted octanol–water partition coefficient (Wildman–Crippen LogP) is 2.65. The fraction of sp³-hybridized carbons (Fsp3) is 0.538. The Bertz CT molecular complexity index is 361. The Labute approximate surface area is 95.8 Å². The van der Waals surface area contributed by atoms with Crippen molar-refractivity contribution in [1.82, 2.24) is 5.32 Å². The van der Waals surface area contributed by atoms with Crippen LogP contribution < -0.4 is 10.1 Å². The molecule has 0 atom stereocenters. The summed E-state index contributed by atoms with van der Waals surface area (Å²) >= 11 is 0. The van der Waals surface area contributed by atoms with Crippen LogP contribution in [0.1, 0.15) is 25.3 Å². The van der Waals surface area contributed by atoms with Crippen molar-refractivity contribution < 1.29 is 9.13 Å². The van der Waals surface area contributed by atoms with Crippen molar-refractivity contribution in [3.8, 4) is 5.75 Å². The van der Waals surface area contributed by atoms with Gasteiger partial charge in [0.2, 0.25) is 0 Å². The van der Waals surface area contributed by atoms with E-state index in [-0.39, 0.29) is 11.9 Å². The fourth-order valence-electron chi connectivity index (χ4n) is 2.01. The average Bonchev–Trinajstić information content (AvgIpc) is 2.21. The van der Waals surface area contributed by atoms with E-state index in [1.165, 1.54) is 0 Å². The van der Waals surface area contributed by atoms with Gasteiger partial charge in [-0.25, -0.2) is 4.39 Å². The highest BCUT2D eigenvalue weighted by atomic mass is 19.1. The second-order valence-electron chi connectivity index (χ2n) is 4.35. The van der Waals surface area contributed by atoms with Gasteiger partial charge in [-0.05, 0) is 37.9 Å². The Morgan fingerprint density at radius 1 is 1.44 bits per heavy atom. The minimum atomic E-state index is -0.227. The zero-order valence-electron chi connectivity index (χ0n) is 9.79. The monoisotopic (exact) mass is 223 g/mol. The van der Waals surface area contributed by atoms with Crippen LogP contribution in [0.5, 0.6) is 5.75 Å². The molecule has 0 amide bonds. The van der Waals surface area contributed by atoms with Crippen LogP contribution in [0.3, 0.4) is 0 Å². The highest BCUT2D eigenvalue weighted by Crippen LogP contribution is 2.28. The minimum absolute atomic E-state index is 0.167. The molecule has 1 N–H and O–H groups in total. The number of ether oxygens (including phenoxy) is 1. The molecule has 0 aliphatic heterocycles. The maximum Gasteiger partial charge on any atom is 0.167 e. The van der Waals surface area contributed by atoms with Crippen LogP contribution in [0.4, 0.5) is 4.39 Å². The van der Waals surface area contributed by atoms with Crippen LogP contribution >= 0.6 is 0 Å². The fourth-order valence-corrected chi connectivity index (χ4v) is 2.01. The highest BCUT2D eigenvalue weighted by molar-refractivity contribution is 5.30. The van der Waals surface area contributed by atoms with Crippen LogP contribution in [0, 0.1) is 12.7 Å². The molecule has 2 nitrogen and oxygen atoms in total. The number of benzene rings is 1. The van der Waals surface area contributed by atoms with Gasteiger partial charge in [0.05, 0.1) is 0 Å². The lowest BCUT2D eigenvalue weighted by molar-refractivity contribution is 0.0818. The number of hydrogen-bond donors (Lipinski definition) is 1. The third-order valence-corrected chi connectivity index (χ3v) is 3.04. The molecule has 1 saturated carbocycles. The van der Waals surface area contributed by atoms with Gasteiger partial charge < -0.3 is 10.1 Å². The Hall–Kier alpha value is -1.09. The summed E-state index contributed by atoms with van der Waals surface area (Å²) in [5, 5.41) is 3.35. The lowest BCUT2D eigenvalue weighted by Crippen LogP contribution is -2.46. The van der Waals surface area contributed by atoms with Gasteiger partial charge in [0.25, 0.3) is 0 Å². The van der Waals surface area contributed by atoms with Crippen molar-refractivity contribution in [2.24, 2.45) is 0 Å². The lowest BCUT2D eigenvalue weighted by atomic mass is 9.89. The maximum atomic E-state index is 13.6. The molecule has 1 aliphatic rings. The quantitative estimate of drug-likeness (QED) is 0.847. The van der Waals surface area contributed by atoms with E-state index < -0.39 is 0 Å². The number of nitrogens with one attached hydrogen (secondary N) is 1. The van der Waals surface area contributed by atoms with E-state index in [2.05, 4.69) is 12.2 Å². The first-order valence-electron chi connectivity index (χ1n) is 5.86. The van der Waals surface area contributed by atoms with Crippen molar-refractivity contribution in [1.29, 1.82) is 0 Å². The molecule has 0 aromatic heterocycles. The SMILES string of the molecule is CCNC1CC(Oc2cccc(C)c2F)C1. The third-order valence-electron chi connectivity index (χ3n) is 3.04. The summed E-state index contributed by atoms with van der Waals surface area (Å²) in [5.41, 5.74) is 0.639. The second kappa shape index (κ2) is 4.83. The molecule has 0 unspecified atom stereocenters. The van der Waals surface area contributed by atoms with E-state index in [1.54, 1.807) is 19.1 Å². The summed E-state index contributed by atoms with van der Waals surface area (Å²) in [6.07, 6.45) is 2.11. The van der Waals surface area contributed by atoms with Gasteiger partial charge in [0.15, 0.2) is 11.6 Å². The normalized spacial score (nSPS) is 23.9. The lowest BCUT2D eigenvalue weighted by Gasteiger charge is -2.35. The van der Waals surface area contributed by atoms with Crippen LogP contribution in [-0.2, 0) is 0 Å². The Morgan fingerprint density at radius 3 is 2.88 bits per heavy atom. The summed E-state index contributed by atoms with van der Waals surface area (Å²) < 4.78 is 19.3. The van der Waals surface area contributed by atoms with E-state index in [1.807, 2.05) is 6.07 Å². The number of rotatable bonds is 4. The number of hydrogen-bond acceptors (Lipinski definition) is 2. The average molecular weight is 223 g/mol. The molecule has 1 aliphatic carbocycles. The molecule has 0 saturated heterocycles. The van der Waals surface area contributed by atoms with Crippen molar-refractivity contribution in [2.75, 3.05) is 6.54 Å². The number of halogens is 1. The summed E-state index contributed by atoms with van der Waals surface area (Å²) in [6, 6.07) is 5.82. The second-order valence-corrected chi connectivity index (χ2v) is 4.35. The number of aryl methyl sites for hydroxylation is 1. The Balaban J connectivity index is 1.89. The zero-order chi connectivity index (χ0) is 11.5. The van der Waals surface area contributed by atoms with Crippen molar-refractivity contribution in [2.45, 2.75) is 38.8 Å². The van der Waals surface area contributed by atoms with Crippen LogP contribution in [-0.4, -0.2) is 18.7 Å². The van der Waals surface area contributed by atoms with Gasteiger partial charge >= 0.3 is 0 Å². The molecule has 1 aromatic rings. The first kappa shape index (κ1) is 11.4. The molecule has 1 fully saturated rings. The summed E-state index contributed by atoms with van der Waals surface area (Å²) in [6.45, 7) is 4.83. The van der Waals surface area contributed by atoms with Crippen molar-refractivity contribution in [3.05, 3.63) is 29.6 Å². The van der Waals surface area contributed by atoms with E-state index >= 15 is 0 Å². The van der Waals surface area contributed by atoms with Crippen LogP contribution in [0.25, 0.3) is 0 Å². The van der Waals surface area contributed by atoms with Gasteiger partial charge in [-0.1, -0.05) is 19.1 Å². The van der Waals surface area contributed by atoms with Crippen LogP contribution in [0.15, 0.2) is 18.2 Å². The van der Waals surface area contributed by atoms with Crippen molar-refractivity contribution >= 4 is 0 Å². The summed E-state index contributed by atoms with van der Waals surface area (Å²) in [7, 11) is 0. The highest BCUT2D eigenvalue weighted by Gasteiger charge is 2.30. The maximum absolute atomic E-state index is 13.6. The van der Waals surface area contributed by atoms with Crippen molar-refractivity contribution in [3.63, 3.8) is 0 Å². The molecule has 3 heteroatoms. The Kier molecular flexibility index (Phi) is 3.44. The molecule has 88 valence electrons. The minimum Gasteiger partial charge on any atom is -0.487 e. The largest absolute Gasteiger partial charge is 0.487 e. The molecule has 0 heterocycles. The molecular weight excluding hydrogens is 205 g/mol. The topological polar surface area (TPSA) is 21.3 Å². The molecule has 2 rings (SSSR count). The first-order valence-corrected chi connectivity index (χ1v) is 5.86. The summed E-state index contributed by atoms with van der Waals surface area (Å²) in [4.78, 5) is 0. The first-order chi connectivity index (χ1) is 7.70. The van der Waals surface area contributed by atoms with Gasteiger partial charge in [0, 0.05) is 6.04 Å². The predicted molar refractivity (Wildman–Crippen MR) is 62.3 cm³/mol. The summed E-state index contributed by atoms with van der Waals surface area (Å²) in [5.74, 6) is 0.161. The van der Waals surface area contributed by atoms with E-state index in [0.717, 1.165) is 19.4 Å². The van der Waals surface area contributed by atoms with E-state index in [9.17, 15) is 4.39 Å². The smallest absolute Gasteiger partial charge is 0.167 e.